The Bertz CT molecular complexity index is 50.1. The summed E-state index contributed by atoms with van der Waals surface area (Å²) in [4.78, 5) is 0. The number of rotatable bonds is 1. The van der Waals surface area contributed by atoms with Gasteiger partial charge in [0.15, 0.2) is 0 Å². The summed E-state index contributed by atoms with van der Waals surface area (Å²) in [6, 6.07) is 0. The topological polar surface area (TPSA) is 0 Å². The van der Waals surface area contributed by atoms with Gasteiger partial charge in [-0.25, -0.2) is 0 Å². The third kappa shape index (κ3) is 38.7. The summed E-state index contributed by atoms with van der Waals surface area (Å²) in [5.41, 5.74) is 0. The summed E-state index contributed by atoms with van der Waals surface area (Å²) in [6.45, 7) is 8.61. The largest absolute Gasteiger partial charge is 0.0776 e. The molecule has 1 aliphatic rings. The molecule has 0 aromatic carbocycles. The Morgan fingerprint density at radius 2 is 0.588 bits per heavy atom. The fourth-order valence-electron chi connectivity index (χ4n) is 1.41. The van der Waals surface area contributed by atoms with Crippen LogP contribution in [0, 0.1) is 0 Å². The first kappa shape index (κ1) is 25.8. The molecular weight excluding hydrogens is 204 g/mol. The first-order chi connectivity index (χ1) is 7.33. The highest BCUT2D eigenvalue weighted by molar-refractivity contribution is 4.51. The van der Waals surface area contributed by atoms with Gasteiger partial charge in [0.25, 0.3) is 0 Å². The van der Waals surface area contributed by atoms with E-state index in [1.807, 2.05) is 0 Å². The van der Waals surface area contributed by atoms with E-state index in [4.69, 9.17) is 0 Å². The molecule has 0 heteroatoms. The predicted octanol–water partition coefficient (Wildman–Crippen LogP) is 7.62. The second-order valence-electron chi connectivity index (χ2n) is 4.54. The van der Waals surface area contributed by atoms with Crippen LogP contribution in [0.1, 0.15) is 113 Å². The van der Waals surface area contributed by atoms with Gasteiger partial charge >= 0.3 is 0 Å². The van der Waals surface area contributed by atoms with Crippen LogP contribution in [0.2, 0.25) is 0 Å². The van der Waals surface area contributed by atoms with E-state index in [1.165, 1.54) is 70.6 Å². The van der Waals surface area contributed by atoms with E-state index >= 15 is 0 Å². The van der Waals surface area contributed by atoms with Gasteiger partial charge in [0.1, 0.15) is 0 Å². The first-order valence-electron chi connectivity index (χ1n) is 7.33. The van der Waals surface area contributed by atoms with Gasteiger partial charge in [-0.1, -0.05) is 113 Å². The van der Waals surface area contributed by atoms with Crippen molar-refractivity contribution in [1.82, 2.24) is 0 Å². The minimum Gasteiger partial charge on any atom is -0.0776 e. The third-order valence-corrected chi connectivity index (χ3v) is 2.50. The molecule has 0 atom stereocenters. The summed E-state index contributed by atoms with van der Waals surface area (Å²) in [5.74, 6) is 0. The summed E-state index contributed by atoms with van der Waals surface area (Å²) in [7, 11) is 0. The van der Waals surface area contributed by atoms with Crippen molar-refractivity contribution >= 4 is 0 Å². The lowest BCUT2D eigenvalue weighted by Crippen LogP contribution is -1.85. The normalized spacial score (nSPS) is 14.1. The molecule has 17 heavy (non-hydrogen) atoms. The molecule has 0 amide bonds. The molecule has 1 rings (SSSR count). The molecule has 0 unspecified atom stereocenters. The molecule has 0 N–H and O–H groups in total. The Morgan fingerprint density at radius 1 is 0.471 bits per heavy atom. The van der Waals surface area contributed by atoms with Crippen molar-refractivity contribution in [3.63, 3.8) is 0 Å². The van der Waals surface area contributed by atoms with Gasteiger partial charge < -0.3 is 0 Å². The Hall–Kier alpha value is 0. The lowest BCUT2D eigenvalue weighted by molar-refractivity contribution is 0.504. The average molecular weight is 247 g/mol. The van der Waals surface area contributed by atoms with E-state index in [9.17, 15) is 0 Å². The van der Waals surface area contributed by atoms with E-state index in [-0.39, 0.29) is 14.9 Å². The van der Waals surface area contributed by atoms with Crippen molar-refractivity contribution in [3.8, 4) is 0 Å². The van der Waals surface area contributed by atoms with E-state index < -0.39 is 0 Å². The minimum atomic E-state index is 0. The Kier molecular flexibility index (Phi) is 45.1. The summed E-state index contributed by atoms with van der Waals surface area (Å²) in [5, 5.41) is 0. The fraction of sp³-hybridized carbons (Fsp3) is 1.00. The second kappa shape index (κ2) is 29.8. The Labute approximate surface area is 114 Å². The summed E-state index contributed by atoms with van der Waals surface area (Å²) >= 11 is 0. The molecular formula is C17H42. The molecule has 1 fully saturated rings. The first-order valence-corrected chi connectivity index (χ1v) is 7.33. The van der Waals surface area contributed by atoms with Crippen LogP contribution < -0.4 is 0 Å². The van der Waals surface area contributed by atoms with Gasteiger partial charge in [-0.3, -0.25) is 0 Å². The van der Waals surface area contributed by atoms with Crippen molar-refractivity contribution in [3.05, 3.63) is 0 Å². The highest BCUT2D eigenvalue weighted by atomic mass is 14.0. The molecule has 1 aliphatic carbocycles. The monoisotopic (exact) mass is 246 g/mol. The quantitative estimate of drug-likeness (QED) is 0.446. The maximum atomic E-state index is 2.18. The minimum absolute atomic E-state index is 0. The van der Waals surface area contributed by atoms with Crippen LogP contribution in [-0.2, 0) is 0 Å². The van der Waals surface area contributed by atoms with Crippen molar-refractivity contribution in [1.29, 1.82) is 0 Å². The molecule has 0 aromatic heterocycles. The summed E-state index contributed by atoms with van der Waals surface area (Å²) in [6.07, 6.45) is 15.9. The maximum absolute atomic E-state index is 2.18. The van der Waals surface area contributed by atoms with E-state index in [1.54, 1.807) is 0 Å². The van der Waals surface area contributed by atoms with Crippen molar-refractivity contribution in [2.45, 2.75) is 113 Å². The van der Waals surface area contributed by atoms with Crippen LogP contribution in [0.3, 0.4) is 0 Å². The highest BCUT2D eigenvalue weighted by Crippen LogP contribution is 2.15. The molecule has 110 valence electrons. The Morgan fingerprint density at radius 3 is 0.647 bits per heavy atom. The number of hydrogen-bond donors (Lipinski definition) is 0. The lowest BCUT2D eigenvalue weighted by atomic mass is 10.0. The molecule has 0 nitrogen and oxygen atoms in total. The van der Waals surface area contributed by atoms with Gasteiger partial charge in [-0.15, -0.1) is 0 Å². The molecule has 0 spiro atoms. The predicted molar refractivity (Wildman–Crippen MR) is 86.9 cm³/mol. The standard InChI is InChI=1S/C8H16.C4H10.C3H8.2CH4/c1-2-4-6-8-7-5-3-1;1-3-4-2;1-3-2;;/h1-8H2;3-4H2,1-2H3;3H2,1-2H3;2*1H4. The number of hydrogen-bond acceptors (Lipinski definition) is 0. The molecule has 1 saturated carbocycles. The van der Waals surface area contributed by atoms with Crippen LogP contribution in [0.25, 0.3) is 0 Å². The van der Waals surface area contributed by atoms with E-state index in [2.05, 4.69) is 27.7 Å². The van der Waals surface area contributed by atoms with Gasteiger partial charge in [-0.05, 0) is 0 Å². The van der Waals surface area contributed by atoms with Crippen molar-refractivity contribution in [2.24, 2.45) is 0 Å². The fourth-order valence-corrected chi connectivity index (χ4v) is 1.41. The summed E-state index contributed by atoms with van der Waals surface area (Å²) < 4.78 is 0. The van der Waals surface area contributed by atoms with Crippen LogP contribution in [0.5, 0.6) is 0 Å². The van der Waals surface area contributed by atoms with Gasteiger partial charge in [0.2, 0.25) is 0 Å². The van der Waals surface area contributed by atoms with Crippen LogP contribution >= 0.6 is 0 Å². The third-order valence-electron chi connectivity index (χ3n) is 2.50. The molecule has 0 aliphatic heterocycles. The van der Waals surface area contributed by atoms with Gasteiger partial charge in [0, 0.05) is 0 Å². The molecule has 0 heterocycles. The maximum Gasteiger partial charge on any atom is -0.0533 e. The van der Waals surface area contributed by atoms with Crippen LogP contribution in [0.4, 0.5) is 0 Å². The Balaban J connectivity index is -0.0000000821. The van der Waals surface area contributed by atoms with Crippen LogP contribution in [-0.4, -0.2) is 0 Å². The van der Waals surface area contributed by atoms with Gasteiger partial charge in [-0.2, -0.15) is 0 Å². The highest BCUT2D eigenvalue weighted by Gasteiger charge is 1.95. The SMILES string of the molecule is C.C.C1CCCCCCC1.CCC.CCCC. The van der Waals surface area contributed by atoms with Gasteiger partial charge in [0.05, 0.1) is 0 Å². The zero-order valence-corrected chi connectivity index (χ0v) is 11.8. The van der Waals surface area contributed by atoms with Crippen molar-refractivity contribution in [2.75, 3.05) is 0 Å². The van der Waals surface area contributed by atoms with Crippen molar-refractivity contribution < 1.29 is 0 Å². The molecule has 0 radical (unpaired) electrons. The average Bonchev–Trinajstić information content (AvgIpc) is 2.18. The second-order valence-corrected chi connectivity index (χ2v) is 4.54. The molecule has 0 saturated heterocycles. The lowest BCUT2D eigenvalue weighted by Gasteiger charge is -2.05. The van der Waals surface area contributed by atoms with Crippen LogP contribution in [0.15, 0.2) is 0 Å². The molecule has 0 aromatic rings. The zero-order chi connectivity index (χ0) is 11.8. The number of unbranched alkanes of at least 4 members (excludes halogenated alkanes) is 1. The van der Waals surface area contributed by atoms with E-state index in [0.717, 1.165) is 0 Å². The van der Waals surface area contributed by atoms with E-state index in [0.29, 0.717) is 0 Å². The zero-order valence-electron chi connectivity index (χ0n) is 11.8. The smallest absolute Gasteiger partial charge is 0.0533 e. The molecule has 0 bridgehead atoms.